The minimum absolute atomic E-state index is 0.100. The molecular weight excluding hydrogens is 311 g/mol. The van der Waals surface area contributed by atoms with Crippen LogP contribution in [0.15, 0.2) is 24.3 Å². The molecule has 0 aromatic heterocycles. The molecule has 1 aromatic carbocycles. The number of benzene rings is 1. The Kier molecular flexibility index (Phi) is 4.45. The van der Waals surface area contributed by atoms with Gasteiger partial charge in [0.25, 0.3) is 0 Å². The average molecular weight is 331 g/mol. The van der Waals surface area contributed by atoms with Crippen molar-refractivity contribution in [2.75, 3.05) is 18.1 Å². The summed E-state index contributed by atoms with van der Waals surface area (Å²) in [6.45, 7) is 0.442. The van der Waals surface area contributed by atoms with E-state index in [1.54, 1.807) is 17.8 Å². The Hall–Kier alpha value is -0.720. The van der Waals surface area contributed by atoms with E-state index in [4.69, 9.17) is 0 Å². The van der Waals surface area contributed by atoms with Gasteiger partial charge in [-0.1, -0.05) is 12.1 Å². The lowest BCUT2D eigenvalue weighted by atomic mass is 9.97. The number of rotatable bonds is 5. The third-order valence-corrected chi connectivity index (χ3v) is 5.63. The van der Waals surface area contributed by atoms with Gasteiger partial charge in [-0.15, -0.1) is 0 Å². The van der Waals surface area contributed by atoms with Gasteiger partial charge in [0.2, 0.25) is 0 Å². The largest absolute Gasteiger partial charge is 0.416 e. The Morgan fingerprint density at radius 1 is 1.36 bits per heavy atom. The molecule has 1 aliphatic heterocycles. The Morgan fingerprint density at radius 3 is 2.73 bits per heavy atom. The second-order valence-electron chi connectivity index (χ2n) is 6.35. The summed E-state index contributed by atoms with van der Waals surface area (Å²) in [5, 5.41) is 13.7. The summed E-state index contributed by atoms with van der Waals surface area (Å²) in [6, 6.07) is 5.46. The summed E-state index contributed by atoms with van der Waals surface area (Å²) in [4.78, 5) is 0. The summed E-state index contributed by atoms with van der Waals surface area (Å²) in [6.07, 6.45) is -1.52. The maximum atomic E-state index is 12.9. The molecule has 1 heterocycles. The quantitative estimate of drug-likeness (QED) is 0.864. The first kappa shape index (κ1) is 16.1. The van der Waals surface area contributed by atoms with Gasteiger partial charge < -0.3 is 10.4 Å². The third kappa shape index (κ3) is 3.78. The highest BCUT2D eigenvalue weighted by Gasteiger charge is 2.38. The molecule has 0 spiro atoms. The van der Waals surface area contributed by atoms with Crippen molar-refractivity contribution in [2.24, 2.45) is 5.92 Å². The van der Waals surface area contributed by atoms with Crippen LogP contribution in [0, 0.1) is 5.92 Å². The average Bonchev–Trinajstić information content (AvgIpc) is 3.20. The Balaban J connectivity index is 1.74. The van der Waals surface area contributed by atoms with Crippen molar-refractivity contribution in [3.8, 4) is 0 Å². The van der Waals surface area contributed by atoms with Crippen molar-refractivity contribution in [2.45, 2.75) is 37.1 Å². The van der Waals surface area contributed by atoms with E-state index in [9.17, 15) is 18.3 Å². The molecule has 3 rings (SSSR count). The van der Waals surface area contributed by atoms with Gasteiger partial charge in [0, 0.05) is 18.3 Å². The van der Waals surface area contributed by atoms with Crippen molar-refractivity contribution in [1.82, 2.24) is 5.32 Å². The predicted molar refractivity (Wildman–Crippen MR) is 81.8 cm³/mol. The summed E-state index contributed by atoms with van der Waals surface area (Å²) in [5.41, 5.74) is -0.654. The van der Waals surface area contributed by atoms with E-state index >= 15 is 0 Å². The highest BCUT2D eigenvalue weighted by Crippen LogP contribution is 2.42. The zero-order chi connectivity index (χ0) is 15.8. The number of halogens is 3. The Bertz CT molecular complexity index is 524. The van der Waals surface area contributed by atoms with Crippen LogP contribution in [0.4, 0.5) is 13.2 Å². The summed E-state index contributed by atoms with van der Waals surface area (Å²) < 4.78 is 38.6. The minimum atomic E-state index is -4.32. The SMILES string of the molecule is OC1(CNC(c2cccc(C(F)(F)F)c2)C2CC2)CCSC1. The number of thioether (sulfide) groups is 1. The van der Waals surface area contributed by atoms with E-state index in [1.165, 1.54) is 12.1 Å². The third-order valence-electron chi connectivity index (χ3n) is 4.40. The van der Waals surface area contributed by atoms with Crippen LogP contribution in [0.1, 0.15) is 36.4 Å². The van der Waals surface area contributed by atoms with Crippen molar-refractivity contribution < 1.29 is 18.3 Å². The second kappa shape index (κ2) is 6.06. The molecule has 22 heavy (non-hydrogen) atoms. The molecule has 2 atom stereocenters. The molecule has 2 unspecified atom stereocenters. The first-order valence-electron chi connectivity index (χ1n) is 7.58. The molecule has 2 fully saturated rings. The Morgan fingerprint density at radius 2 is 2.14 bits per heavy atom. The van der Waals surface area contributed by atoms with Gasteiger partial charge in [-0.25, -0.2) is 0 Å². The van der Waals surface area contributed by atoms with E-state index in [0.717, 1.165) is 31.1 Å². The molecule has 0 amide bonds. The molecule has 1 saturated heterocycles. The molecule has 1 aliphatic carbocycles. The fraction of sp³-hybridized carbons (Fsp3) is 0.625. The van der Waals surface area contributed by atoms with Crippen molar-refractivity contribution >= 4 is 11.8 Å². The van der Waals surface area contributed by atoms with E-state index in [2.05, 4.69) is 5.32 Å². The molecular formula is C16H20F3NOS. The fourth-order valence-electron chi connectivity index (χ4n) is 2.93. The summed E-state index contributed by atoms with van der Waals surface area (Å²) in [5.74, 6) is 2.01. The van der Waals surface area contributed by atoms with Gasteiger partial charge in [-0.05, 0) is 48.6 Å². The highest BCUT2D eigenvalue weighted by atomic mass is 32.2. The normalized spacial score (nSPS) is 27.1. The fourth-order valence-corrected chi connectivity index (χ4v) is 4.23. The van der Waals surface area contributed by atoms with Crippen LogP contribution in [0.2, 0.25) is 0 Å². The van der Waals surface area contributed by atoms with E-state index in [1.807, 2.05) is 0 Å². The lowest BCUT2D eigenvalue weighted by Gasteiger charge is -2.27. The summed E-state index contributed by atoms with van der Waals surface area (Å²) >= 11 is 1.72. The molecule has 1 aromatic rings. The monoisotopic (exact) mass is 331 g/mol. The molecule has 2 aliphatic rings. The maximum absolute atomic E-state index is 12.9. The van der Waals surface area contributed by atoms with Crippen LogP contribution in [0.5, 0.6) is 0 Å². The van der Waals surface area contributed by atoms with Crippen molar-refractivity contribution in [3.63, 3.8) is 0 Å². The lowest BCUT2D eigenvalue weighted by Crippen LogP contribution is -2.42. The Labute approximate surface area is 132 Å². The van der Waals surface area contributed by atoms with Crippen LogP contribution >= 0.6 is 11.8 Å². The van der Waals surface area contributed by atoms with Crippen LogP contribution < -0.4 is 5.32 Å². The molecule has 0 bridgehead atoms. The van der Waals surface area contributed by atoms with E-state index < -0.39 is 17.3 Å². The molecule has 1 saturated carbocycles. The topological polar surface area (TPSA) is 32.3 Å². The maximum Gasteiger partial charge on any atom is 0.416 e. The zero-order valence-electron chi connectivity index (χ0n) is 12.2. The minimum Gasteiger partial charge on any atom is -0.388 e. The van der Waals surface area contributed by atoms with Gasteiger partial charge in [0.1, 0.15) is 0 Å². The first-order chi connectivity index (χ1) is 10.4. The van der Waals surface area contributed by atoms with Crippen LogP contribution in [-0.2, 0) is 6.18 Å². The number of aliphatic hydroxyl groups is 1. The molecule has 0 radical (unpaired) electrons. The van der Waals surface area contributed by atoms with Crippen molar-refractivity contribution in [3.05, 3.63) is 35.4 Å². The van der Waals surface area contributed by atoms with Crippen LogP contribution in [0.3, 0.4) is 0 Å². The number of hydrogen-bond donors (Lipinski definition) is 2. The predicted octanol–water partition coefficient (Wildman–Crippen LogP) is 3.61. The van der Waals surface area contributed by atoms with Gasteiger partial charge in [-0.2, -0.15) is 24.9 Å². The van der Waals surface area contributed by atoms with Crippen LogP contribution in [0.25, 0.3) is 0 Å². The number of nitrogens with one attached hydrogen (secondary N) is 1. The molecule has 122 valence electrons. The van der Waals surface area contributed by atoms with Gasteiger partial charge in [0.15, 0.2) is 0 Å². The van der Waals surface area contributed by atoms with Gasteiger partial charge in [0.05, 0.1) is 11.2 Å². The number of alkyl halides is 3. The van der Waals surface area contributed by atoms with Crippen molar-refractivity contribution in [1.29, 1.82) is 0 Å². The second-order valence-corrected chi connectivity index (χ2v) is 7.45. The van der Waals surface area contributed by atoms with Gasteiger partial charge in [-0.3, -0.25) is 0 Å². The van der Waals surface area contributed by atoms with Crippen LogP contribution in [-0.4, -0.2) is 28.8 Å². The summed E-state index contributed by atoms with van der Waals surface area (Å²) in [7, 11) is 0. The van der Waals surface area contributed by atoms with Gasteiger partial charge >= 0.3 is 6.18 Å². The highest BCUT2D eigenvalue weighted by molar-refractivity contribution is 7.99. The van der Waals surface area contributed by atoms with E-state index in [0.29, 0.717) is 23.8 Å². The lowest BCUT2D eigenvalue weighted by molar-refractivity contribution is -0.137. The standard InChI is InChI=1S/C16H20F3NOS/c17-16(18,19)13-3-1-2-12(8-13)14(11-4-5-11)20-9-15(21)6-7-22-10-15/h1-3,8,11,14,20-21H,4-7,9-10H2. The van der Waals surface area contributed by atoms with E-state index in [-0.39, 0.29) is 6.04 Å². The first-order valence-corrected chi connectivity index (χ1v) is 8.74. The number of hydrogen-bond acceptors (Lipinski definition) is 3. The molecule has 2 N–H and O–H groups in total. The molecule has 6 heteroatoms. The molecule has 2 nitrogen and oxygen atoms in total. The smallest absolute Gasteiger partial charge is 0.388 e. The zero-order valence-corrected chi connectivity index (χ0v) is 13.0.